The lowest BCUT2D eigenvalue weighted by Crippen LogP contribution is -2.38. The molecule has 1 heterocycles. The van der Waals surface area contributed by atoms with Crippen molar-refractivity contribution in [2.75, 3.05) is 4.90 Å². The van der Waals surface area contributed by atoms with Crippen molar-refractivity contribution < 1.29 is 9.59 Å². The Labute approximate surface area is 146 Å². The number of carbonyl (C=O) groups is 2. The van der Waals surface area contributed by atoms with Crippen LogP contribution in [0.3, 0.4) is 0 Å². The Morgan fingerprint density at radius 2 is 1.60 bits per heavy atom. The maximum Gasteiger partial charge on any atom is 0.251 e. The molecule has 0 radical (unpaired) electrons. The topological polar surface area (TPSA) is 49.4 Å². The highest BCUT2D eigenvalue weighted by Crippen LogP contribution is 2.23. The molecule has 4 nitrogen and oxygen atoms in total. The lowest BCUT2D eigenvalue weighted by Gasteiger charge is -2.16. The second kappa shape index (κ2) is 6.49. The second-order valence-corrected chi connectivity index (χ2v) is 6.18. The SMILES string of the molecule is O=C1CC(NCc2cccc3ccccc23)C(=O)N1c1ccccc1. The summed E-state index contributed by atoms with van der Waals surface area (Å²) in [5.41, 5.74) is 1.75. The molecule has 1 unspecified atom stereocenters. The number of fused-ring (bicyclic) bond motifs is 1. The van der Waals surface area contributed by atoms with E-state index in [1.807, 2.05) is 42.5 Å². The smallest absolute Gasteiger partial charge is 0.251 e. The summed E-state index contributed by atoms with van der Waals surface area (Å²) in [4.78, 5) is 26.2. The molecule has 0 bridgehead atoms. The van der Waals surface area contributed by atoms with E-state index in [0.29, 0.717) is 12.2 Å². The predicted molar refractivity (Wildman–Crippen MR) is 98.1 cm³/mol. The molecule has 1 saturated heterocycles. The molecule has 0 aromatic heterocycles. The number of benzene rings is 3. The van der Waals surface area contributed by atoms with E-state index in [0.717, 1.165) is 10.9 Å². The molecule has 0 spiro atoms. The van der Waals surface area contributed by atoms with Crippen molar-refractivity contribution >= 4 is 28.3 Å². The number of hydrogen-bond acceptors (Lipinski definition) is 3. The summed E-state index contributed by atoms with van der Waals surface area (Å²) < 4.78 is 0. The van der Waals surface area contributed by atoms with Gasteiger partial charge in [-0.15, -0.1) is 0 Å². The average molecular weight is 330 g/mol. The molecule has 4 rings (SSSR count). The van der Waals surface area contributed by atoms with Crippen molar-refractivity contribution in [3.8, 4) is 0 Å². The Hall–Kier alpha value is -2.98. The van der Waals surface area contributed by atoms with Crippen LogP contribution >= 0.6 is 0 Å². The van der Waals surface area contributed by atoms with Crippen LogP contribution in [-0.4, -0.2) is 17.9 Å². The van der Waals surface area contributed by atoms with Crippen molar-refractivity contribution in [1.82, 2.24) is 5.32 Å². The van der Waals surface area contributed by atoms with Crippen LogP contribution in [0.25, 0.3) is 10.8 Å². The maximum atomic E-state index is 12.6. The third-order valence-electron chi connectivity index (χ3n) is 4.58. The molecule has 3 aromatic carbocycles. The Kier molecular flexibility index (Phi) is 4.04. The third kappa shape index (κ3) is 2.92. The minimum Gasteiger partial charge on any atom is -0.301 e. The summed E-state index contributed by atoms with van der Waals surface area (Å²) in [5, 5.41) is 5.59. The Morgan fingerprint density at radius 3 is 2.44 bits per heavy atom. The zero-order valence-electron chi connectivity index (χ0n) is 13.7. The molecule has 3 aromatic rings. The van der Waals surface area contributed by atoms with Crippen LogP contribution in [0.5, 0.6) is 0 Å². The molecule has 25 heavy (non-hydrogen) atoms. The number of carbonyl (C=O) groups excluding carboxylic acids is 2. The monoisotopic (exact) mass is 330 g/mol. The van der Waals surface area contributed by atoms with Crippen LogP contribution in [0.4, 0.5) is 5.69 Å². The summed E-state index contributed by atoms with van der Waals surface area (Å²) in [5.74, 6) is -0.344. The van der Waals surface area contributed by atoms with Crippen LogP contribution in [0, 0.1) is 0 Å². The zero-order valence-corrected chi connectivity index (χ0v) is 13.7. The second-order valence-electron chi connectivity index (χ2n) is 6.18. The highest BCUT2D eigenvalue weighted by atomic mass is 16.2. The van der Waals surface area contributed by atoms with Crippen molar-refractivity contribution in [2.45, 2.75) is 19.0 Å². The molecular formula is C21H18N2O2. The molecule has 0 aliphatic carbocycles. The Bertz CT molecular complexity index is 932. The van der Waals surface area contributed by atoms with Crippen LogP contribution in [0.15, 0.2) is 72.8 Å². The van der Waals surface area contributed by atoms with E-state index >= 15 is 0 Å². The lowest BCUT2D eigenvalue weighted by molar-refractivity contribution is -0.121. The molecule has 1 aliphatic rings. The summed E-state index contributed by atoms with van der Waals surface area (Å²) in [7, 11) is 0. The van der Waals surface area contributed by atoms with E-state index in [2.05, 4.69) is 23.5 Å². The molecule has 1 N–H and O–H groups in total. The first kappa shape index (κ1) is 15.5. The summed E-state index contributed by atoms with van der Waals surface area (Å²) in [6, 6.07) is 22.9. The minimum atomic E-state index is -0.480. The minimum absolute atomic E-state index is 0.161. The van der Waals surface area contributed by atoms with Crippen molar-refractivity contribution in [3.05, 3.63) is 78.4 Å². The maximum absolute atomic E-state index is 12.6. The number of hydrogen-bond donors (Lipinski definition) is 1. The van der Waals surface area contributed by atoms with Crippen molar-refractivity contribution in [1.29, 1.82) is 0 Å². The van der Waals surface area contributed by atoms with Crippen LogP contribution in [0.1, 0.15) is 12.0 Å². The van der Waals surface area contributed by atoms with E-state index < -0.39 is 6.04 Å². The highest BCUT2D eigenvalue weighted by molar-refractivity contribution is 6.22. The first-order valence-corrected chi connectivity index (χ1v) is 8.36. The van der Waals surface area contributed by atoms with E-state index in [-0.39, 0.29) is 18.2 Å². The zero-order chi connectivity index (χ0) is 17.2. The van der Waals surface area contributed by atoms with Crippen LogP contribution < -0.4 is 10.2 Å². The first-order chi connectivity index (χ1) is 12.2. The molecule has 0 saturated carbocycles. The van der Waals surface area contributed by atoms with Crippen molar-refractivity contribution in [3.63, 3.8) is 0 Å². The van der Waals surface area contributed by atoms with E-state index in [4.69, 9.17) is 0 Å². The van der Waals surface area contributed by atoms with Gasteiger partial charge >= 0.3 is 0 Å². The number of nitrogens with one attached hydrogen (secondary N) is 1. The van der Waals surface area contributed by atoms with Crippen LogP contribution in [0.2, 0.25) is 0 Å². The fraction of sp³-hybridized carbons (Fsp3) is 0.143. The Balaban J connectivity index is 1.52. The van der Waals surface area contributed by atoms with Gasteiger partial charge in [0.25, 0.3) is 5.91 Å². The van der Waals surface area contributed by atoms with Gasteiger partial charge in [-0.3, -0.25) is 9.59 Å². The summed E-state index contributed by atoms with van der Waals surface area (Å²) >= 11 is 0. The molecular weight excluding hydrogens is 312 g/mol. The molecule has 4 heteroatoms. The Morgan fingerprint density at radius 1 is 0.880 bits per heavy atom. The van der Waals surface area contributed by atoms with Gasteiger partial charge in [-0.25, -0.2) is 4.90 Å². The van der Waals surface area contributed by atoms with Gasteiger partial charge in [0.15, 0.2) is 0 Å². The van der Waals surface area contributed by atoms with Gasteiger partial charge in [0.05, 0.1) is 18.2 Å². The number of imide groups is 1. The number of nitrogens with zero attached hydrogens (tertiary/aromatic N) is 1. The van der Waals surface area contributed by atoms with Crippen LogP contribution in [-0.2, 0) is 16.1 Å². The van der Waals surface area contributed by atoms with Gasteiger partial charge in [0, 0.05) is 6.54 Å². The van der Waals surface area contributed by atoms with Gasteiger partial charge in [-0.05, 0) is 28.5 Å². The van der Waals surface area contributed by atoms with Gasteiger partial charge < -0.3 is 5.32 Å². The van der Waals surface area contributed by atoms with E-state index in [9.17, 15) is 9.59 Å². The fourth-order valence-corrected chi connectivity index (χ4v) is 3.32. The van der Waals surface area contributed by atoms with E-state index in [1.165, 1.54) is 10.3 Å². The summed E-state index contributed by atoms with van der Waals surface area (Å²) in [6.45, 7) is 0.549. The van der Waals surface area contributed by atoms with Gasteiger partial charge in [0.1, 0.15) is 0 Å². The van der Waals surface area contributed by atoms with E-state index in [1.54, 1.807) is 12.1 Å². The third-order valence-corrected chi connectivity index (χ3v) is 4.58. The van der Waals surface area contributed by atoms with Crippen molar-refractivity contribution in [2.24, 2.45) is 0 Å². The fourth-order valence-electron chi connectivity index (χ4n) is 3.32. The predicted octanol–water partition coefficient (Wildman–Crippen LogP) is 3.26. The normalized spacial score (nSPS) is 17.4. The molecule has 1 aliphatic heterocycles. The average Bonchev–Trinajstić information content (AvgIpc) is 2.94. The highest BCUT2D eigenvalue weighted by Gasteiger charge is 2.39. The largest absolute Gasteiger partial charge is 0.301 e. The standard InChI is InChI=1S/C21H18N2O2/c24-20-13-19(21(25)23(20)17-10-2-1-3-11-17)22-14-16-9-6-8-15-7-4-5-12-18(15)16/h1-12,19,22H,13-14H2. The quantitative estimate of drug-likeness (QED) is 0.747. The molecule has 124 valence electrons. The molecule has 1 fully saturated rings. The lowest BCUT2D eigenvalue weighted by atomic mass is 10.0. The van der Waals surface area contributed by atoms with Gasteiger partial charge in [-0.2, -0.15) is 0 Å². The molecule has 1 atom stereocenters. The number of amides is 2. The summed E-state index contributed by atoms with van der Waals surface area (Å²) in [6.07, 6.45) is 0.193. The van der Waals surface area contributed by atoms with Gasteiger partial charge in [-0.1, -0.05) is 60.7 Å². The first-order valence-electron chi connectivity index (χ1n) is 8.36. The molecule has 2 amide bonds. The van der Waals surface area contributed by atoms with Gasteiger partial charge in [0.2, 0.25) is 5.91 Å². The number of rotatable bonds is 4. The number of para-hydroxylation sites is 1. The number of anilines is 1.